The van der Waals surface area contributed by atoms with E-state index in [2.05, 4.69) is 50.5 Å². The van der Waals surface area contributed by atoms with Gasteiger partial charge in [0.25, 0.3) is 11.8 Å². The van der Waals surface area contributed by atoms with Crippen LogP contribution in [0.25, 0.3) is 0 Å². The van der Waals surface area contributed by atoms with E-state index in [0.29, 0.717) is 36.2 Å². The number of hydrogen-bond acceptors (Lipinski definition) is 9. The van der Waals surface area contributed by atoms with Crippen molar-refractivity contribution in [2.75, 3.05) is 42.9 Å². The first-order valence-corrected chi connectivity index (χ1v) is 17.5. The SMILES string of the molecule is C[C@@H]1CCCN(c2cnc(C(N)=O)c(Nc3ccc(C4CN(CCCCc5cccc6c5CN(C5CCC(=O)NC5=O)C6=O)C4)cc3)n2)C1. The van der Waals surface area contributed by atoms with Gasteiger partial charge in [-0.3, -0.25) is 24.5 Å². The molecule has 3 saturated heterocycles. The normalized spacial score (nSPS) is 21.4. The maximum Gasteiger partial charge on any atom is 0.271 e. The van der Waals surface area contributed by atoms with Gasteiger partial charge in [-0.15, -0.1) is 0 Å². The molecule has 0 spiro atoms. The van der Waals surface area contributed by atoms with E-state index in [-0.39, 0.29) is 29.8 Å². The number of amides is 4. The first-order valence-electron chi connectivity index (χ1n) is 17.5. The van der Waals surface area contributed by atoms with Crippen LogP contribution in [0.3, 0.4) is 0 Å². The predicted molar refractivity (Wildman–Crippen MR) is 185 cm³/mol. The maximum atomic E-state index is 13.1. The molecule has 0 radical (unpaired) electrons. The van der Waals surface area contributed by atoms with Crippen LogP contribution in [0.15, 0.2) is 48.7 Å². The third-order valence-electron chi connectivity index (χ3n) is 10.4. The number of aromatic nitrogens is 2. The lowest BCUT2D eigenvalue weighted by Gasteiger charge is -2.39. The van der Waals surface area contributed by atoms with Crippen LogP contribution in [0, 0.1) is 5.92 Å². The fourth-order valence-electron chi connectivity index (χ4n) is 7.67. The Balaban J connectivity index is 0.882. The molecule has 4 aliphatic heterocycles. The van der Waals surface area contributed by atoms with E-state index in [1.807, 2.05) is 24.3 Å². The molecule has 49 heavy (non-hydrogen) atoms. The number of hydrogen-bond donors (Lipinski definition) is 3. The summed E-state index contributed by atoms with van der Waals surface area (Å²) in [7, 11) is 0. The number of imide groups is 1. The monoisotopic (exact) mass is 664 g/mol. The summed E-state index contributed by atoms with van der Waals surface area (Å²) in [6.45, 7) is 7.54. The van der Waals surface area contributed by atoms with Crippen molar-refractivity contribution in [3.63, 3.8) is 0 Å². The van der Waals surface area contributed by atoms with Crippen molar-refractivity contribution < 1.29 is 19.2 Å². The van der Waals surface area contributed by atoms with Gasteiger partial charge in [0.2, 0.25) is 11.8 Å². The maximum absolute atomic E-state index is 13.1. The topological polar surface area (TPSA) is 154 Å². The van der Waals surface area contributed by atoms with Gasteiger partial charge in [-0.1, -0.05) is 31.2 Å². The zero-order valence-electron chi connectivity index (χ0n) is 28.0. The summed E-state index contributed by atoms with van der Waals surface area (Å²) in [6.07, 6.45) is 7.53. The van der Waals surface area contributed by atoms with Crippen molar-refractivity contribution in [3.8, 4) is 0 Å². The second-order valence-electron chi connectivity index (χ2n) is 14.0. The number of anilines is 3. The molecule has 1 aromatic heterocycles. The van der Waals surface area contributed by atoms with Crippen LogP contribution in [0.1, 0.15) is 88.9 Å². The molecule has 5 heterocycles. The van der Waals surface area contributed by atoms with Gasteiger partial charge in [-0.2, -0.15) is 0 Å². The molecule has 0 saturated carbocycles. The second kappa shape index (κ2) is 13.9. The zero-order valence-corrected chi connectivity index (χ0v) is 28.0. The lowest BCUT2D eigenvalue weighted by molar-refractivity contribution is -0.136. The molecule has 12 heteroatoms. The number of fused-ring (bicyclic) bond motifs is 1. The Kier molecular flexibility index (Phi) is 9.31. The molecular weight excluding hydrogens is 620 g/mol. The molecule has 256 valence electrons. The van der Waals surface area contributed by atoms with Crippen LogP contribution >= 0.6 is 0 Å². The van der Waals surface area contributed by atoms with Crippen molar-refractivity contribution >= 4 is 41.0 Å². The molecule has 7 rings (SSSR count). The van der Waals surface area contributed by atoms with Crippen molar-refractivity contribution in [2.24, 2.45) is 11.7 Å². The van der Waals surface area contributed by atoms with Gasteiger partial charge < -0.3 is 25.8 Å². The minimum absolute atomic E-state index is 0.123. The largest absolute Gasteiger partial charge is 0.364 e. The van der Waals surface area contributed by atoms with Crippen LogP contribution in [0.5, 0.6) is 0 Å². The number of carbonyl (C=O) groups is 4. The molecule has 4 aliphatic rings. The van der Waals surface area contributed by atoms with Crippen LogP contribution in [0.4, 0.5) is 17.3 Å². The molecule has 1 unspecified atom stereocenters. The summed E-state index contributed by atoms with van der Waals surface area (Å²) in [4.78, 5) is 64.7. The number of carbonyl (C=O) groups excluding carboxylic acids is 4. The van der Waals surface area contributed by atoms with Crippen molar-refractivity contribution in [2.45, 2.75) is 70.4 Å². The summed E-state index contributed by atoms with van der Waals surface area (Å²) >= 11 is 0. The first kappa shape index (κ1) is 32.7. The van der Waals surface area contributed by atoms with Gasteiger partial charge in [-0.25, -0.2) is 9.97 Å². The molecule has 3 fully saturated rings. The van der Waals surface area contributed by atoms with E-state index in [1.165, 1.54) is 12.0 Å². The average Bonchev–Trinajstić information content (AvgIpc) is 3.40. The Morgan fingerprint density at radius 2 is 1.86 bits per heavy atom. The van der Waals surface area contributed by atoms with E-state index < -0.39 is 11.9 Å². The number of benzene rings is 2. The lowest BCUT2D eigenvalue weighted by atomic mass is 9.91. The number of likely N-dealkylation sites (tertiary alicyclic amines) is 1. The third-order valence-corrected chi connectivity index (χ3v) is 10.4. The van der Waals surface area contributed by atoms with Crippen molar-refractivity contribution in [1.29, 1.82) is 0 Å². The molecule has 4 N–H and O–H groups in total. The van der Waals surface area contributed by atoms with Gasteiger partial charge >= 0.3 is 0 Å². The quantitative estimate of drug-likeness (QED) is 0.206. The van der Waals surface area contributed by atoms with Gasteiger partial charge in [0.05, 0.1) is 6.20 Å². The minimum Gasteiger partial charge on any atom is -0.364 e. The Morgan fingerprint density at radius 3 is 2.61 bits per heavy atom. The fraction of sp³-hybridized carbons (Fsp3) is 0.459. The van der Waals surface area contributed by atoms with Crippen molar-refractivity contribution in [1.82, 2.24) is 25.1 Å². The molecule has 12 nitrogen and oxygen atoms in total. The van der Waals surface area contributed by atoms with Crippen LogP contribution in [0.2, 0.25) is 0 Å². The summed E-state index contributed by atoms with van der Waals surface area (Å²) in [6, 6.07) is 13.6. The Bertz CT molecular complexity index is 1760. The highest BCUT2D eigenvalue weighted by molar-refractivity contribution is 6.05. The Morgan fingerprint density at radius 1 is 1.04 bits per heavy atom. The summed E-state index contributed by atoms with van der Waals surface area (Å²) in [5, 5.41) is 5.66. The minimum atomic E-state index is -0.612. The van der Waals surface area contributed by atoms with Gasteiger partial charge in [0.15, 0.2) is 11.5 Å². The highest BCUT2D eigenvalue weighted by Crippen LogP contribution is 2.32. The number of nitrogens with one attached hydrogen (secondary N) is 2. The van der Waals surface area contributed by atoms with Gasteiger partial charge in [-0.05, 0) is 85.9 Å². The summed E-state index contributed by atoms with van der Waals surface area (Å²) in [5.41, 5.74) is 10.7. The van der Waals surface area contributed by atoms with E-state index in [0.717, 1.165) is 81.0 Å². The highest BCUT2D eigenvalue weighted by Gasteiger charge is 2.39. The van der Waals surface area contributed by atoms with Gasteiger partial charge in [0, 0.05) is 56.3 Å². The average molecular weight is 665 g/mol. The number of unbranched alkanes of at least 4 members (excludes halogenated alkanes) is 1. The number of rotatable bonds is 11. The number of primary amides is 1. The number of piperidine rings is 2. The zero-order chi connectivity index (χ0) is 34.1. The standard InChI is InChI=1S/C37H44N8O4/c1-23-6-5-17-44(19-23)31-18-39-33(34(38)47)35(41-31)40-27-12-10-24(11-13-27)26-20-43(21-26)16-3-2-7-25-8-4-9-28-29(25)22-45(37(28)49)30-14-15-32(46)42-36(30)48/h4,8-13,18,23,26,30H,2-3,5-7,14-17,19-22H2,1H3,(H2,38,47)(H,40,41)(H,42,46,48)/t23-,30?/m1/s1. The first-order chi connectivity index (χ1) is 23.7. The predicted octanol–water partition coefficient (Wildman–Crippen LogP) is 3.74. The van der Waals surface area contributed by atoms with E-state index in [9.17, 15) is 19.2 Å². The molecule has 2 aromatic carbocycles. The number of nitrogens with zero attached hydrogens (tertiary/aromatic N) is 5. The molecule has 0 bridgehead atoms. The second-order valence-corrected chi connectivity index (χ2v) is 14.0. The molecule has 2 atom stereocenters. The summed E-state index contributed by atoms with van der Waals surface area (Å²) in [5.74, 6) is 0.804. The molecule has 4 amide bonds. The highest BCUT2D eigenvalue weighted by atomic mass is 16.2. The number of aryl methyl sites for hydroxylation is 1. The van der Waals surface area contributed by atoms with Crippen molar-refractivity contribution in [3.05, 3.63) is 76.6 Å². The smallest absolute Gasteiger partial charge is 0.271 e. The van der Waals surface area contributed by atoms with E-state index in [4.69, 9.17) is 10.7 Å². The fourth-order valence-corrected chi connectivity index (χ4v) is 7.67. The lowest BCUT2D eigenvalue weighted by Crippen LogP contribution is -2.52. The van der Waals surface area contributed by atoms with Gasteiger partial charge in [0.1, 0.15) is 11.9 Å². The molecular formula is C37H44N8O4. The number of nitrogens with two attached hydrogens (primary N) is 1. The Labute approximate surface area is 286 Å². The van der Waals surface area contributed by atoms with Crippen LogP contribution in [-0.4, -0.2) is 82.2 Å². The van der Waals surface area contributed by atoms with E-state index >= 15 is 0 Å². The van der Waals surface area contributed by atoms with Crippen LogP contribution < -0.4 is 21.3 Å². The van der Waals surface area contributed by atoms with Crippen LogP contribution in [-0.2, 0) is 22.6 Å². The molecule has 3 aromatic rings. The van der Waals surface area contributed by atoms with E-state index in [1.54, 1.807) is 11.1 Å². The molecule has 0 aliphatic carbocycles. The summed E-state index contributed by atoms with van der Waals surface area (Å²) < 4.78 is 0. The third kappa shape index (κ3) is 7.01. The Hall–Kier alpha value is -4.84.